The van der Waals surface area contributed by atoms with Crippen molar-refractivity contribution in [3.63, 3.8) is 0 Å². The summed E-state index contributed by atoms with van der Waals surface area (Å²) in [5.41, 5.74) is 2.90. The van der Waals surface area contributed by atoms with Gasteiger partial charge >= 0.3 is 0 Å². The van der Waals surface area contributed by atoms with Gasteiger partial charge in [-0.05, 0) is 23.6 Å². The van der Waals surface area contributed by atoms with Crippen LogP contribution in [0.5, 0.6) is 5.75 Å². The van der Waals surface area contributed by atoms with E-state index >= 15 is 0 Å². The minimum atomic E-state index is 0. The largest absolute Gasteiger partial charge is 0.487 e. The molecule has 0 aliphatic carbocycles. The molecule has 1 spiro atoms. The predicted octanol–water partition coefficient (Wildman–Crippen LogP) is 4.12. The maximum atomic E-state index is 6.32. The van der Waals surface area contributed by atoms with Gasteiger partial charge in [0.2, 0.25) is 0 Å². The lowest BCUT2D eigenvalue weighted by molar-refractivity contribution is 0.0198. The Morgan fingerprint density at radius 1 is 0.913 bits per heavy atom. The van der Waals surface area contributed by atoms with Crippen LogP contribution in [0.4, 0.5) is 0 Å². The second-order valence-electron chi connectivity index (χ2n) is 6.65. The van der Waals surface area contributed by atoms with Crippen LogP contribution >= 0.6 is 12.4 Å². The molecule has 2 aromatic carbocycles. The summed E-state index contributed by atoms with van der Waals surface area (Å²) in [4.78, 5) is 2.59. The highest BCUT2D eigenvalue weighted by Gasteiger charge is 2.41. The average molecular weight is 330 g/mol. The molecule has 2 aliphatic rings. The highest BCUT2D eigenvalue weighted by molar-refractivity contribution is 5.85. The Bertz CT molecular complexity index is 608. The average Bonchev–Trinajstić information content (AvgIpc) is 2.93. The number of rotatable bonds is 3. The van der Waals surface area contributed by atoms with Crippen molar-refractivity contribution in [2.45, 2.75) is 31.3 Å². The molecule has 23 heavy (non-hydrogen) atoms. The van der Waals surface area contributed by atoms with Crippen molar-refractivity contribution in [2.24, 2.45) is 0 Å². The Hall–Kier alpha value is -1.51. The molecule has 0 N–H and O–H groups in total. The Morgan fingerprint density at radius 3 is 2.35 bits per heavy atom. The van der Waals surface area contributed by atoms with E-state index in [1.807, 2.05) is 0 Å². The lowest BCUT2D eigenvalue weighted by Gasteiger charge is -2.38. The predicted molar refractivity (Wildman–Crippen MR) is 96.6 cm³/mol. The zero-order chi connectivity index (χ0) is 14.8. The fourth-order valence-corrected chi connectivity index (χ4v) is 3.76. The van der Waals surface area contributed by atoms with Gasteiger partial charge in [0.1, 0.15) is 11.4 Å². The third kappa shape index (κ3) is 3.54. The monoisotopic (exact) mass is 329 g/mol. The molecule has 1 saturated heterocycles. The van der Waals surface area contributed by atoms with E-state index in [2.05, 4.69) is 59.5 Å². The number of likely N-dealkylation sites (tertiary alicyclic amines) is 1. The first-order valence-corrected chi connectivity index (χ1v) is 8.36. The fourth-order valence-electron chi connectivity index (χ4n) is 3.76. The molecule has 0 amide bonds. The van der Waals surface area contributed by atoms with E-state index in [4.69, 9.17) is 4.74 Å². The number of fused-ring (bicyclic) bond motifs is 1. The Morgan fingerprint density at radius 2 is 1.61 bits per heavy atom. The maximum absolute atomic E-state index is 6.32. The summed E-state index contributed by atoms with van der Waals surface area (Å²) in [6, 6.07) is 19.3. The van der Waals surface area contributed by atoms with Gasteiger partial charge < -0.3 is 9.64 Å². The van der Waals surface area contributed by atoms with Crippen molar-refractivity contribution in [3.05, 3.63) is 65.7 Å². The quantitative estimate of drug-likeness (QED) is 0.840. The molecule has 0 bridgehead atoms. The molecule has 0 saturated carbocycles. The van der Waals surface area contributed by atoms with Crippen molar-refractivity contribution in [3.8, 4) is 5.75 Å². The molecule has 2 nitrogen and oxygen atoms in total. The van der Waals surface area contributed by atoms with Crippen LogP contribution in [-0.4, -0.2) is 30.1 Å². The lowest BCUT2D eigenvalue weighted by atomic mass is 9.87. The van der Waals surface area contributed by atoms with Gasteiger partial charge in [-0.3, -0.25) is 0 Å². The van der Waals surface area contributed by atoms with Gasteiger partial charge in [0.15, 0.2) is 0 Å². The van der Waals surface area contributed by atoms with Crippen LogP contribution < -0.4 is 4.74 Å². The molecule has 0 radical (unpaired) electrons. The third-order valence-corrected chi connectivity index (χ3v) is 5.14. The summed E-state index contributed by atoms with van der Waals surface area (Å²) in [6.07, 6.45) is 4.54. The topological polar surface area (TPSA) is 12.5 Å². The lowest BCUT2D eigenvalue weighted by Crippen LogP contribution is -2.47. The van der Waals surface area contributed by atoms with E-state index in [0.29, 0.717) is 0 Å². The van der Waals surface area contributed by atoms with Gasteiger partial charge in [-0.2, -0.15) is 0 Å². The third-order valence-electron chi connectivity index (χ3n) is 5.14. The van der Waals surface area contributed by atoms with E-state index in [1.54, 1.807) is 0 Å². The van der Waals surface area contributed by atoms with Gasteiger partial charge in [0.05, 0.1) is 0 Å². The van der Waals surface area contributed by atoms with Gasteiger partial charge in [0.25, 0.3) is 0 Å². The van der Waals surface area contributed by atoms with Crippen LogP contribution in [0.25, 0.3) is 0 Å². The zero-order valence-electron chi connectivity index (χ0n) is 13.4. The zero-order valence-corrected chi connectivity index (χ0v) is 14.2. The maximum Gasteiger partial charge on any atom is 0.123 e. The molecule has 0 atom stereocenters. The minimum absolute atomic E-state index is 0. The number of hydrogen-bond acceptors (Lipinski definition) is 2. The first-order chi connectivity index (χ1) is 10.8. The summed E-state index contributed by atoms with van der Waals surface area (Å²) in [5.74, 6) is 1.11. The van der Waals surface area contributed by atoms with Gasteiger partial charge in [-0.15, -0.1) is 12.4 Å². The molecule has 4 rings (SSSR count). The number of para-hydroxylation sites is 1. The number of ether oxygens (including phenoxy) is 1. The van der Waals surface area contributed by atoms with Gasteiger partial charge in [-0.25, -0.2) is 0 Å². The Balaban J connectivity index is 0.00000156. The van der Waals surface area contributed by atoms with Crippen LogP contribution in [0.3, 0.4) is 0 Å². The van der Waals surface area contributed by atoms with Crippen LogP contribution in [0.1, 0.15) is 24.0 Å². The van der Waals surface area contributed by atoms with E-state index in [9.17, 15) is 0 Å². The number of nitrogens with zero attached hydrogens (tertiary/aromatic N) is 1. The Kier molecular flexibility index (Phi) is 4.93. The van der Waals surface area contributed by atoms with E-state index < -0.39 is 0 Å². The smallest absolute Gasteiger partial charge is 0.123 e. The van der Waals surface area contributed by atoms with E-state index in [1.165, 1.54) is 11.1 Å². The molecule has 0 unspecified atom stereocenters. The van der Waals surface area contributed by atoms with Crippen LogP contribution in [-0.2, 0) is 12.8 Å². The fraction of sp³-hybridized carbons (Fsp3) is 0.400. The molecule has 3 heteroatoms. The number of piperidine rings is 1. The molecule has 1 fully saturated rings. The number of benzene rings is 2. The number of halogens is 1. The Labute approximate surface area is 144 Å². The SMILES string of the molecule is Cl.c1ccc(CCN2CCC3(CC2)Cc2ccccc2O3)cc1. The molecular formula is C20H24ClNO. The number of hydrogen-bond donors (Lipinski definition) is 0. The summed E-state index contributed by atoms with van der Waals surface area (Å²) < 4.78 is 6.32. The first-order valence-electron chi connectivity index (χ1n) is 8.36. The molecule has 0 aromatic heterocycles. The van der Waals surface area contributed by atoms with Crippen molar-refractivity contribution in [1.29, 1.82) is 0 Å². The minimum Gasteiger partial charge on any atom is -0.487 e. The second kappa shape index (κ2) is 6.94. The molecule has 2 aromatic rings. The highest BCUT2D eigenvalue weighted by Crippen LogP contribution is 2.40. The van der Waals surface area contributed by atoms with Crippen LogP contribution in [0.2, 0.25) is 0 Å². The summed E-state index contributed by atoms with van der Waals surface area (Å²) >= 11 is 0. The molecule has 2 aliphatic heterocycles. The van der Waals surface area contributed by atoms with Gasteiger partial charge in [0, 0.05) is 38.9 Å². The van der Waals surface area contributed by atoms with Gasteiger partial charge in [-0.1, -0.05) is 48.5 Å². The summed E-state index contributed by atoms with van der Waals surface area (Å²) in [6.45, 7) is 3.47. The van der Waals surface area contributed by atoms with Crippen molar-refractivity contribution < 1.29 is 4.74 Å². The highest BCUT2D eigenvalue weighted by atomic mass is 35.5. The molecule has 122 valence electrons. The van der Waals surface area contributed by atoms with E-state index in [-0.39, 0.29) is 18.0 Å². The normalized spacial score (nSPS) is 19.0. The van der Waals surface area contributed by atoms with Crippen molar-refractivity contribution in [1.82, 2.24) is 4.90 Å². The molecule has 2 heterocycles. The van der Waals surface area contributed by atoms with Crippen LogP contribution in [0.15, 0.2) is 54.6 Å². The van der Waals surface area contributed by atoms with E-state index in [0.717, 1.165) is 51.1 Å². The van der Waals surface area contributed by atoms with Crippen molar-refractivity contribution in [2.75, 3.05) is 19.6 Å². The van der Waals surface area contributed by atoms with Crippen LogP contribution in [0, 0.1) is 0 Å². The standard InChI is InChI=1S/C20H23NO.ClH/c1-2-6-17(7-3-1)10-13-21-14-11-20(12-15-21)16-18-8-4-5-9-19(18)22-20;/h1-9H,10-16H2;1H. The summed E-state index contributed by atoms with van der Waals surface area (Å²) in [5, 5.41) is 0. The summed E-state index contributed by atoms with van der Waals surface area (Å²) in [7, 11) is 0. The van der Waals surface area contributed by atoms with Crippen molar-refractivity contribution >= 4 is 12.4 Å². The molecular weight excluding hydrogens is 306 g/mol. The second-order valence-corrected chi connectivity index (χ2v) is 6.65. The first kappa shape index (κ1) is 16.4.